The minimum atomic E-state index is -0.678. The monoisotopic (exact) mass is 474 g/mol. The van der Waals surface area contributed by atoms with E-state index in [0.29, 0.717) is 35.5 Å². The first kappa shape index (κ1) is 24.1. The molecule has 3 nitrogen and oxygen atoms in total. The molecule has 0 aromatic carbocycles. The molecule has 0 atom stereocenters. The van der Waals surface area contributed by atoms with Crippen molar-refractivity contribution < 1.29 is 13.7 Å². The van der Waals surface area contributed by atoms with E-state index in [2.05, 4.69) is 0 Å². The van der Waals surface area contributed by atoms with Crippen LogP contribution in [0.3, 0.4) is 0 Å². The molecule has 3 aliphatic carbocycles. The highest BCUT2D eigenvalue weighted by Crippen LogP contribution is 2.36. The van der Waals surface area contributed by atoms with Gasteiger partial charge in [0, 0.05) is 35.5 Å². The van der Waals surface area contributed by atoms with Gasteiger partial charge in [0.25, 0.3) is 0 Å². The number of rotatable bonds is 0. The van der Waals surface area contributed by atoms with Gasteiger partial charge in [-0.1, -0.05) is 33.5 Å². The molecule has 0 unspecified atom stereocenters. The first-order valence-electron chi connectivity index (χ1n) is 12.6. The van der Waals surface area contributed by atoms with Crippen LogP contribution >= 0.6 is 0 Å². The van der Waals surface area contributed by atoms with Crippen LogP contribution in [0.25, 0.3) is 0 Å². The largest absolute Gasteiger partial charge is 0.616 e. The molecule has 4 saturated heterocycles. The van der Waals surface area contributed by atoms with E-state index in [1.54, 1.807) is 0 Å². The van der Waals surface area contributed by atoms with E-state index in [1.165, 1.54) is 77.0 Å². The molecule has 0 spiro atoms. The average molecular weight is 475 g/mol. The van der Waals surface area contributed by atoms with Gasteiger partial charge >= 0.3 is 0 Å². The molecule has 6 bridgehead atoms. The number of hydrogen-bond acceptors (Lipinski definition) is 3. The van der Waals surface area contributed by atoms with Gasteiger partial charge in [0.2, 0.25) is 0 Å². The predicted molar refractivity (Wildman–Crippen MR) is 130 cm³/mol. The molecule has 0 aromatic heterocycles. The second kappa shape index (κ2) is 11.9. The fourth-order valence-electron chi connectivity index (χ4n) is 6.48. The highest BCUT2D eigenvalue weighted by Gasteiger charge is 2.33. The lowest BCUT2D eigenvalue weighted by molar-refractivity contribution is 0.302. The average Bonchev–Trinajstić information content (AvgIpc) is 2.72. The molecule has 0 radical (unpaired) electrons. The lowest BCUT2D eigenvalue weighted by atomic mass is 9.84. The summed E-state index contributed by atoms with van der Waals surface area (Å²) >= 11 is -2.03. The maximum atomic E-state index is 12.8. The van der Waals surface area contributed by atoms with Gasteiger partial charge in [-0.05, 0) is 77.0 Å². The van der Waals surface area contributed by atoms with E-state index >= 15 is 0 Å². The zero-order valence-electron chi connectivity index (χ0n) is 18.6. The standard InChI is InChI=1S/C24H42O3S3/c25-28-13-19-1-2-20(4-3-19)14-29(26)16-22-9-11-24(12-10-22)18-30(27)17-23-7-5-21(15-28)6-8-23/h19-24H,1-18H2/t19-,20+,21-,22-,23+,24+,28?,29?,30?. The summed E-state index contributed by atoms with van der Waals surface area (Å²) in [6.07, 6.45) is 14.3. The maximum absolute atomic E-state index is 12.8. The van der Waals surface area contributed by atoms with Crippen LogP contribution in [0.15, 0.2) is 0 Å². The third-order valence-corrected chi connectivity index (χ3v) is 13.5. The molecular weight excluding hydrogens is 432 g/mol. The third-order valence-electron chi connectivity index (χ3n) is 8.43. The third kappa shape index (κ3) is 7.48. The minimum absolute atomic E-state index is 0.624. The Morgan fingerprint density at radius 3 is 0.567 bits per heavy atom. The van der Waals surface area contributed by atoms with Crippen molar-refractivity contribution in [1.29, 1.82) is 0 Å². The van der Waals surface area contributed by atoms with Crippen molar-refractivity contribution in [3.8, 4) is 0 Å². The van der Waals surface area contributed by atoms with Gasteiger partial charge < -0.3 is 13.7 Å². The van der Waals surface area contributed by atoms with E-state index in [1.807, 2.05) is 0 Å². The highest BCUT2D eigenvalue weighted by molar-refractivity contribution is 7.91. The first-order valence-corrected chi connectivity index (χ1v) is 17.0. The Bertz CT molecular complexity index is 385. The Kier molecular flexibility index (Phi) is 9.53. The molecule has 7 rings (SSSR count). The van der Waals surface area contributed by atoms with Crippen LogP contribution in [0.5, 0.6) is 0 Å². The molecule has 7 fully saturated rings. The van der Waals surface area contributed by atoms with Crippen LogP contribution in [0.4, 0.5) is 0 Å². The van der Waals surface area contributed by atoms with Gasteiger partial charge in [0.1, 0.15) is 34.5 Å². The van der Waals surface area contributed by atoms with Gasteiger partial charge in [-0.15, -0.1) is 0 Å². The van der Waals surface area contributed by atoms with Crippen LogP contribution in [-0.2, 0) is 33.5 Å². The summed E-state index contributed by atoms with van der Waals surface area (Å²) in [6, 6.07) is 0. The zero-order valence-corrected chi connectivity index (χ0v) is 21.1. The Balaban J connectivity index is 1.34. The second-order valence-electron chi connectivity index (χ2n) is 11.0. The lowest BCUT2D eigenvalue weighted by Gasteiger charge is -2.31. The van der Waals surface area contributed by atoms with Crippen molar-refractivity contribution in [3.05, 3.63) is 0 Å². The fourth-order valence-corrected chi connectivity index (χ4v) is 12.0. The summed E-state index contributed by atoms with van der Waals surface area (Å²) in [6.45, 7) is 0. The van der Waals surface area contributed by atoms with Crippen molar-refractivity contribution >= 4 is 33.5 Å². The Hall–Kier alpha value is 0.930. The second-order valence-corrected chi connectivity index (χ2v) is 15.6. The van der Waals surface area contributed by atoms with Gasteiger partial charge in [-0.2, -0.15) is 0 Å². The lowest BCUT2D eigenvalue weighted by Crippen LogP contribution is -2.30. The fraction of sp³-hybridized carbons (Fsp3) is 1.00. The van der Waals surface area contributed by atoms with Gasteiger partial charge in [0.15, 0.2) is 0 Å². The van der Waals surface area contributed by atoms with Crippen LogP contribution in [0.2, 0.25) is 0 Å². The summed E-state index contributed by atoms with van der Waals surface area (Å²) in [5.74, 6) is 9.10. The van der Waals surface area contributed by atoms with E-state index in [0.717, 1.165) is 34.5 Å². The van der Waals surface area contributed by atoms with Crippen molar-refractivity contribution in [2.24, 2.45) is 35.5 Å². The van der Waals surface area contributed by atoms with Crippen LogP contribution in [0, 0.1) is 35.5 Å². The maximum Gasteiger partial charge on any atom is 0.108 e. The summed E-state index contributed by atoms with van der Waals surface area (Å²) in [7, 11) is 0. The predicted octanol–water partition coefficient (Wildman–Crippen LogP) is 4.67. The van der Waals surface area contributed by atoms with E-state index in [9.17, 15) is 13.7 Å². The molecule has 3 saturated carbocycles. The molecule has 4 aliphatic heterocycles. The van der Waals surface area contributed by atoms with Gasteiger partial charge in [0.05, 0.1) is 0 Å². The topological polar surface area (TPSA) is 69.2 Å². The normalized spacial score (nSPS) is 47.1. The van der Waals surface area contributed by atoms with Gasteiger partial charge in [-0.3, -0.25) is 0 Å². The van der Waals surface area contributed by atoms with Crippen LogP contribution < -0.4 is 0 Å². The van der Waals surface area contributed by atoms with E-state index < -0.39 is 33.5 Å². The van der Waals surface area contributed by atoms with Crippen molar-refractivity contribution in [2.75, 3.05) is 34.5 Å². The summed E-state index contributed by atoms with van der Waals surface area (Å²) in [5, 5.41) is 0. The summed E-state index contributed by atoms with van der Waals surface area (Å²) in [4.78, 5) is 0. The molecule has 30 heavy (non-hydrogen) atoms. The van der Waals surface area contributed by atoms with E-state index in [4.69, 9.17) is 0 Å². The SMILES string of the molecule is [O-][S+]1C[C@H]2CC[C@H](CC2)C[S+]([O-])C[C@H]2CC[C@H](CC2)C[S+]([O-])C[C@H]2CC[C@H](CC2)C1. The van der Waals surface area contributed by atoms with Crippen molar-refractivity contribution in [1.82, 2.24) is 0 Å². The molecule has 0 aromatic rings. The van der Waals surface area contributed by atoms with Crippen molar-refractivity contribution in [3.63, 3.8) is 0 Å². The number of hydrogen-bond donors (Lipinski definition) is 0. The molecule has 6 heteroatoms. The number of fused-ring (bicyclic) bond motifs is 3. The summed E-state index contributed by atoms with van der Waals surface area (Å²) < 4.78 is 38.3. The quantitative estimate of drug-likeness (QED) is 0.479. The smallest absolute Gasteiger partial charge is 0.108 e. The van der Waals surface area contributed by atoms with E-state index in [-0.39, 0.29) is 0 Å². The highest BCUT2D eigenvalue weighted by atomic mass is 32.2. The Morgan fingerprint density at radius 2 is 0.433 bits per heavy atom. The molecular formula is C24H42O3S3. The van der Waals surface area contributed by atoms with Gasteiger partial charge in [-0.25, -0.2) is 0 Å². The molecule has 7 aliphatic rings. The Morgan fingerprint density at radius 1 is 0.300 bits per heavy atom. The van der Waals surface area contributed by atoms with Crippen LogP contribution in [-0.4, -0.2) is 48.2 Å². The molecule has 0 N–H and O–H groups in total. The Labute approximate surface area is 193 Å². The van der Waals surface area contributed by atoms with Crippen molar-refractivity contribution in [2.45, 2.75) is 77.0 Å². The first-order chi connectivity index (χ1) is 14.5. The molecule has 174 valence electrons. The minimum Gasteiger partial charge on any atom is -0.616 e. The molecule has 0 amide bonds. The molecule has 4 heterocycles. The summed E-state index contributed by atoms with van der Waals surface area (Å²) in [5.41, 5.74) is 0. The zero-order chi connectivity index (χ0) is 20.9. The van der Waals surface area contributed by atoms with Crippen LogP contribution in [0.1, 0.15) is 77.0 Å².